The Hall–Kier alpha value is -5.62. The number of amides is 1. The molecule has 11 nitrogen and oxygen atoms in total. The van der Waals surface area contributed by atoms with Gasteiger partial charge in [0, 0.05) is 29.0 Å². The van der Waals surface area contributed by atoms with E-state index in [1.165, 1.54) is 43.6 Å². The molecule has 0 spiro atoms. The lowest BCUT2D eigenvalue weighted by Crippen LogP contribution is -2.30. The Morgan fingerprint density at radius 3 is 2.33 bits per heavy atom. The lowest BCUT2D eigenvalue weighted by molar-refractivity contribution is -0.123. The summed E-state index contributed by atoms with van der Waals surface area (Å²) in [6.07, 6.45) is 1.66. The zero-order chi connectivity index (χ0) is 30.0. The number of rotatable bonds is 8. The fourth-order valence-electron chi connectivity index (χ4n) is 4.45. The predicted octanol–water partition coefficient (Wildman–Crippen LogP) is 5.42. The van der Waals surface area contributed by atoms with E-state index in [0.717, 1.165) is 5.39 Å². The first-order valence-corrected chi connectivity index (χ1v) is 14.6. The molecular weight excluding hydrogens is 570 g/mol. The van der Waals surface area contributed by atoms with Gasteiger partial charge in [0.2, 0.25) is 11.8 Å². The SMILES string of the molecule is CC(OC(=O)c1cccc2cccc(-c3nc4ccccc4o3)c12)C(=O)Nc1ccc(S(=O)(=O)Nc2ncccn2)cc1. The van der Waals surface area contributed by atoms with Gasteiger partial charge in [-0.25, -0.2) is 32.9 Å². The van der Waals surface area contributed by atoms with E-state index < -0.39 is 28.0 Å². The van der Waals surface area contributed by atoms with Gasteiger partial charge in [0.25, 0.3) is 15.9 Å². The van der Waals surface area contributed by atoms with Crippen LogP contribution in [0.25, 0.3) is 33.3 Å². The summed E-state index contributed by atoms with van der Waals surface area (Å²) in [5, 5.41) is 3.99. The van der Waals surface area contributed by atoms with E-state index in [0.29, 0.717) is 33.6 Å². The number of sulfonamides is 1. The number of benzene rings is 4. The second-order valence-electron chi connectivity index (χ2n) is 9.44. The van der Waals surface area contributed by atoms with E-state index >= 15 is 0 Å². The second-order valence-corrected chi connectivity index (χ2v) is 11.1. The Morgan fingerprint density at radius 2 is 1.58 bits per heavy atom. The molecule has 6 aromatic rings. The number of aromatic nitrogens is 3. The van der Waals surface area contributed by atoms with E-state index in [1.807, 2.05) is 48.5 Å². The Kier molecular flexibility index (Phi) is 7.26. The van der Waals surface area contributed by atoms with Crippen molar-refractivity contribution in [1.29, 1.82) is 0 Å². The number of hydrogen-bond donors (Lipinski definition) is 2. The van der Waals surface area contributed by atoms with E-state index in [4.69, 9.17) is 9.15 Å². The van der Waals surface area contributed by atoms with Crippen LogP contribution in [0.5, 0.6) is 0 Å². The average molecular weight is 594 g/mol. The van der Waals surface area contributed by atoms with Gasteiger partial charge in [-0.3, -0.25) is 4.79 Å². The molecule has 43 heavy (non-hydrogen) atoms. The zero-order valence-corrected chi connectivity index (χ0v) is 23.4. The summed E-state index contributed by atoms with van der Waals surface area (Å²) in [4.78, 5) is 38.5. The highest BCUT2D eigenvalue weighted by molar-refractivity contribution is 7.92. The minimum Gasteiger partial charge on any atom is -0.449 e. The van der Waals surface area contributed by atoms with Gasteiger partial charge in [0.1, 0.15) is 5.52 Å². The maximum atomic E-state index is 13.3. The van der Waals surface area contributed by atoms with Crippen molar-refractivity contribution in [2.75, 3.05) is 10.0 Å². The van der Waals surface area contributed by atoms with Crippen LogP contribution in [0.15, 0.2) is 113 Å². The van der Waals surface area contributed by atoms with Crippen LogP contribution in [0.2, 0.25) is 0 Å². The van der Waals surface area contributed by atoms with Gasteiger partial charge in [0.05, 0.1) is 10.5 Å². The maximum absolute atomic E-state index is 13.3. The molecule has 0 bridgehead atoms. The van der Waals surface area contributed by atoms with E-state index in [1.54, 1.807) is 18.2 Å². The highest BCUT2D eigenvalue weighted by Gasteiger charge is 2.23. The van der Waals surface area contributed by atoms with Crippen LogP contribution in [0.1, 0.15) is 17.3 Å². The molecule has 0 saturated carbocycles. The predicted molar refractivity (Wildman–Crippen MR) is 160 cm³/mol. The normalized spacial score (nSPS) is 12.1. The quantitative estimate of drug-likeness (QED) is 0.220. The summed E-state index contributed by atoms with van der Waals surface area (Å²) >= 11 is 0. The number of nitrogens with one attached hydrogen (secondary N) is 2. The fourth-order valence-corrected chi connectivity index (χ4v) is 5.40. The van der Waals surface area contributed by atoms with E-state index in [2.05, 4.69) is 25.0 Å². The minimum atomic E-state index is -3.94. The third-order valence-electron chi connectivity index (χ3n) is 6.53. The van der Waals surface area contributed by atoms with Crippen molar-refractivity contribution in [1.82, 2.24) is 15.0 Å². The van der Waals surface area contributed by atoms with Gasteiger partial charge in [-0.1, -0.05) is 36.4 Å². The minimum absolute atomic E-state index is 0.0527. The molecule has 0 saturated heterocycles. The number of esters is 1. The first-order valence-electron chi connectivity index (χ1n) is 13.1. The Labute approximate surface area is 245 Å². The summed E-state index contributed by atoms with van der Waals surface area (Å²) in [5.41, 5.74) is 2.48. The number of carbonyl (C=O) groups excluding carboxylic acids is 2. The van der Waals surface area contributed by atoms with Crippen molar-refractivity contribution >= 4 is 55.4 Å². The first kappa shape index (κ1) is 27.5. The number of hydrogen-bond acceptors (Lipinski definition) is 9. The number of anilines is 2. The average Bonchev–Trinajstić information content (AvgIpc) is 3.45. The summed E-state index contributed by atoms with van der Waals surface area (Å²) in [6, 6.07) is 25.1. The number of carbonyl (C=O) groups is 2. The zero-order valence-electron chi connectivity index (χ0n) is 22.6. The molecule has 12 heteroatoms. The molecule has 4 aromatic carbocycles. The van der Waals surface area contributed by atoms with Gasteiger partial charge < -0.3 is 14.5 Å². The third kappa shape index (κ3) is 5.76. The molecule has 0 aliphatic carbocycles. The molecule has 0 fully saturated rings. The van der Waals surface area contributed by atoms with Crippen LogP contribution in [-0.4, -0.2) is 41.4 Å². The topological polar surface area (TPSA) is 153 Å². The Morgan fingerprint density at radius 1 is 0.860 bits per heavy atom. The maximum Gasteiger partial charge on any atom is 0.339 e. The largest absolute Gasteiger partial charge is 0.449 e. The Bertz CT molecular complexity index is 2040. The summed E-state index contributed by atoms with van der Waals surface area (Å²) < 4.78 is 39.0. The highest BCUT2D eigenvalue weighted by atomic mass is 32.2. The van der Waals surface area contributed by atoms with Crippen LogP contribution >= 0.6 is 0 Å². The number of fused-ring (bicyclic) bond motifs is 2. The van der Waals surface area contributed by atoms with Crippen LogP contribution in [0.4, 0.5) is 11.6 Å². The molecule has 2 heterocycles. The molecule has 1 unspecified atom stereocenters. The smallest absolute Gasteiger partial charge is 0.339 e. The molecule has 1 atom stereocenters. The first-order chi connectivity index (χ1) is 20.8. The van der Waals surface area contributed by atoms with Crippen molar-refractivity contribution in [3.05, 3.63) is 109 Å². The molecule has 2 aromatic heterocycles. The van der Waals surface area contributed by atoms with E-state index in [-0.39, 0.29) is 16.4 Å². The molecule has 0 aliphatic heterocycles. The number of para-hydroxylation sites is 2. The van der Waals surface area contributed by atoms with Gasteiger partial charge in [0.15, 0.2) is 11.7 Å². The van der Waals surface area contributed by atoms with Crippen molar-refractivity contribution < 1.29 is 27.2 Å². The second kappa shape index (κ2) is 11.3. The number of ether oxygens (including phenoxy) is 1. The molecule has 0 radical (unpaired) electrons. The summed E-state index contributed by atoms with van der Waals surface area (Å²) in [5.74, 6) is -1.01. The number of oxazole rings is 1. The van der Waals surface area contributed by atoms with Crippen molar-refractivity contribution in [2.24, 2.45) is 0 Å². The Balaban J connectivity index is 1.18. The monoisotopic (exact) mass is 593 g/mol. The standard InChI is InChI=1S/C31H23N5O6S/c1-19(28(37)34-21-13-15-22(16-14-21)43(39,40)36-31-32-17-6-18-33-31)41-30(38)24-10-5-8-20-7-4-9-23(27(20)24)29-35-25-11-2-3-12-26(25)42-29/h2-19H,1H3,(H,34,37)(H,32,33,36). The van der Waals surface area contributed by atoms with Crippen LogP contribution in [0.3, 0.4) is 0 Å². The molecule has 2 N–H and O–H groups in total. The lowest BCUT2D eigenvalue weighted by Gasteiger charge is -2.15. The van der Waals surface area contributed by atoms with Crippen molar-refractivity contribution in [3.63, 3.8) is 0 Å². The van der Waals surface area contributed by atoms with Gasteiger partial charge in [-0.15, -0.1) is 0 Å². The van der Waals surface area contributed by atoms with Gasteiger partial charge in [-0.2, -0.15) is 0 Å². The number of nitrogens with zero attached hydrogens (tertiary/aromatic N) is 3. The summed E-state index contributed by atoms with van der Waals surface area (Å²) in [7, 11) is -3.94. The lowest BCUT2D eigenvalue weighted by atomic mass is 9.99. The van der Waals surface area contributed by atoms with E-state index in [9.17, 15) is 18.0 Å². The fraction of sp³-hybridized carbons (Fsp3) is 0.0645. The summed E-state index contributed by atoms with van der Waals surface area (Å²) in [6.45, 7) is 1.45. The van der Waals surface area contributed by atoms with Crippen LogP contribution in [-0.2, 0) is 19.6 Å². The van der Waals surface area contributed by atoms with Crippen molar-refractivity contribution in [3.8, 4) is 11.5 Å². The molecule has 1 amide bonds. The highest BCUT2D eigenvalue weighted by Crippen LogP contribution is 2.33. The van der Waals surface area contributed by atoms with Crippen LogP contribution < -0.4 is 10.0 Å². The molecule has 0 aliphatic rings. The molecular formula is C31H23N5O6S. The van der Waals surface area contributed by atoms with Gasteiger partial charge >= 0.3 is 5.97 Å². The van der Waals surface area contributed by atoms with Crippen LogP contribution in [0, 0.1) is 0 Å². The van der Waals surface area contributed by atoms with Crippen molar-refractivity contribution in [2.45, 2.75) is 17.9 Å². The third-order valence-corrected chi connectivity index (χ3v) is 7.87. The van der Waals surface area contributed by atoms with Gasteiger partial charge in [-0.05, 0) is 66.9 Å². The molecule has 6 rings (SSSR count). The molecule has 214 valence electrons.